The zero-order valence-electron chi connectivity index (χ0n) is 18.6. The van der Waals surface area contributed by atoms with Gasteiger partial charge < -0.3 is 10.6 Å². The number of hydrogen-bond acceptors (Lipinski definition) is 4. The molecule has 3 heterocycles. The Morgan fingerprint density at radius 2 is 1.62 bits per heavy atom. The van der Waals surface area contributed by atoms with E-state index >= 15 is 0 Å². The van der Waals surface area contributed by atoms with Crippen molar-refractivity contribution in [3.63, 3.8) is 0 Å². The molecule has 0 unspecified atom stereocenters. The number of hydrogen-bond donors (Lipinski definition) is 2. The number of likely N-dealkylation sites (tertiary alicyclic amines) is 1. The number of halogens is 1. The molecule has 1 saturated heterocycles. The summed E-state index contributed by atoms with van der Waals surface area (Å²) < 4.78 is 1.88. The molecule has 1 aliphatic rings. The second kappa shape index (κ2) is 12.5. The summed E-state index contributed by atoms with van der Waals surface area (Å²) in [6.45, 7) is 4.91. The Hall–Kier alpha value is -2.46. The lowest BCUT2D eigenvalue weighted by atomic mass is 10.1. The van der Waals surface area contributed by atoms with E-state index in [2.05, 4.69) is 60.8 Å². The summed E-state index contributed by atoms with van der Waals surface area (Å²) in [5.74, 6) is 1.63. The fourth-order valence-electron chi connectivity index (χ4n) is 3.80. The van der Waals surface area contributed by atoms with E-state index in [0.717, 1.165) is 30.4 Å². The average Bonchev–Trinajstić information content (AvgIpc) is 3.36. The maximum Gasteiger partial charge on any atom is 0.191 e. The van der Waals surface area contributed by atoms with Crippen molar-refractivity contribution in [1.29, 1.82) is 0 Å². The van der Waals surface area contributed by atoms with Crippen LogP contribution in [0.25, 0.3) is 5.82 Å². The number of rotatable bonds is 7. The van der Waals surface area contributed by atoms with Gasteiger partial charge in [0.15, 0.2) is 5.96 Å². The van der Waals surface area contributed by atoms with Crippen molar-refractivity contribution >= 4 is 29.9 Å². The molecule has 0 bridgehead atoms. The highest BCUT2D eigenvalue weighted by Gasteiger charge is 2.10. The summed E-state index contributed by atoms with van der Waals surface area (Å²) >= 11 is 0. The van der Waals surface area contributed by atoms with Crippen LogP contribution in [0.5, 0.6) is 0 Å². The van der Waals surface area contributed by atoms with Gasteiger partial charge in [0.2, 0.25) is 0 Å². The van der Waals surface area contributed by atoms with Crippen LogP contribution < -0.4 is 10.6 Å². The number of aromatic nitrogens is 3. The number of pyridine rings is 1. The zero-order chi connectivity index (χ0) is 21.3. The van der Waals surface area contributed by atoms with Crippen molar-refractivity contribution in [2.45, 2.75) is 38.9 Å². The molecule has 32 heavy (non-hydrogen) atoms. The lowest BCUT2D eigenvalue weighted by Gasteiger charge is -2.26. The van der Waals surface area contributed by atoms with Gasteiger partial charge in [-0.15, -0.1) is 24.0 Å². The Kier molecular flexibility index (Phi) is 9.48. The normalized spacial score (nSPS) is 14.6. The molecule has 0 amide bonds. The number of piperidine rings is 1. The van der Waals surface area contributed by atoms with Crippen LogP contribution in [0.4, 0.5) is 0 Å². The van der Waals surface area contributed by atoms with Gasteiger partial charge in [-0.25, -0.2) is 9.97 Å². The molecule has 1 fully saturated rings. The third-order valence-corrected chi connectivity index (χ3v) is 5.60. The summed E-state index contributed by atoms with van der Waals surface area (Å²) in [5, 5.41) is 6.74. The molecule has 4 rings (SSSR count). The number of nitrogens with zero attached hydrogens (tertiary/aromatic N) is 5. The maximum absolute atomic E-state index is 4.49. The first-order valence-corrected chi connectivity index (χ1v) is 11.0. The largest absolute Gasteiger partial charge is 0.352 e. The third-order valence-electron chi connectivity index (χ3n) is 5.60. The SMILES string of the molecule is CN=C(NCc1ccc(CN2CCCCC2)cc1)NCc1ccc(-n2ccnc2)nc1.I. The standard InChI is InChI=1S/C24H31N7.HI/c1-25-24(29-17-22-9-10-23(27-16-22)31-14-11-26-19-31)28-15-20-5-7-21(8-6-20)18-30-12-3-2-4-13-30;/h5-11,14,16,19H,2-4,12-13,15,17-18H2,1H3,(H2,25,28,29);1H. The monoisotopic (exact) mass is 545 g/mol. The molecule has 7 nitrogen and oxygen atoms in total. The third kappa shape index (κ3) is 7.03. The lowest BCUT2D eigenvalue weighted by molar-refractivity contribution is 0.221. The predicted molar refractivity (Wildman–Crippen MR) is 139 cm³/mol. The molecule has 0 aliphatic carbocycles. The molecule has 0 atom stereocenters. The Morgan fingerprint density at radius 1 is 0.938 bits per heavy atom. The first-order valence-electron chi connectivity index (χ1n) is 11.0. The van der Waals surface area contributed by atoms with Gasteiger partial charge in [0, 0.05) is 45.3 Å². The molecule has 170 valence electrons. The Bertz CT molecular complexity index is 947. The summed E-state index contributed by atoms with van der Waals surface area (Å²) in [7, 11) is 1.79. The number of guanidine groups is 1. The van der Waals surface area contributed by atoms with E-state index in [0.29, 0.717) is 6.54 Å². The minimum absolute atomic E-state index is 0. The van der Waals surface area contributed by atoms with E-state index in [9.17, 15) is 0 Å². The van der Waals surface area contributed by atoms with E-state index in [1.165, 1.54) is 43.5 Å². The molecular weight excluding hydrogens is 513 g/mol. The van der Waals surface area contributed by atoms with Crippen molar-refractivity contribution in [1.82, 2.24) is 30.1 Å². The molecule has 2 aromatic heterocycles. The topological polar surface area (TPSA) is 70.4 Å². The summed E-state index contributed by atoms with van der Waals surface area (Å²) in [4.78, 5) is 15.4. The maximum atomic E-state index is 4.49. The van der Waals surface area contributed by atoms with Crippen LogP contribution in [-0.4, -0.2) is 45.5 Å². The average molecular weight is 545 g/mol. The Labute approximate surface area is 207 Å². The van der Waals surface area contributed by atoms with E-state index in [4.69, 9.17) is 0 Å². The van der Waals surface area contributed by atoms with Crippen LogP contribution in [0.15, 0.2) is 66.3 Å². The van der Waals surface area contributed by atoms with Gasteiger partial charge in [0.05, 0.1) is 0 Å². The molecule has 0 saturated carbocycles. The van der Waals surface area contributed by atoms with E-state index in [-0.39, 0.29) is 24.0 Å². The minimum Gasteiger partial charge on any atom is -0.352 e. The van der Waals surface area contributed by atoms with Crippen molar-refractivity contribution in [3.05, 3.63) is 78.0 Å². The number of imidazole rings is 1. The molecule has 2 N–H and O–H groups in total. The van der Waals surface area contributed by atoms with Gasteiger partial charge in [0.1, 0.15) is 12.1 Å². The molecule has 0 spiro atoms. The van der Waals surface area contributed by atoms with Gasteiger partial charge in [-0.05, 0) is 48.7 Å². The highest BCUT2D eigenvalue weighted by atomic mass is 127. The minimum atomic E-state index is 0. The zero-order valence-corrected chi connectivity index (χ0v) is 20.9. The second-order valence-electron chi connectivity index (χ2n) is 7.93. The van der Waals surface area contributed by atoms with Gasteiger partial charge in [0.25, 0.3) is 0 Å². The number of nitrogens with one attached hydrogen (secondary N) is 2. The number of aliphatic imine (C=N–C) groups is 1. The van der Waals surface area contributed by atoms with Gasteiger partial charge in [-0.1, -0.05) is 36.8 Å². The summed E-state index contributed by atoms with van der Waals surface area (Å²) in [6, 6.07) is 12.9. The Morgan fingerprint density at radius 3 is 2.25 bits per heavy atom. The molecule has 3 aromatic rings. The smallest absolute Gasteiger partial charge is 0.191 e. The molecular formula is C24H32IN7. The fraction of sp³-hybridized carbons (Fsp3) is 0.375. The van der Waals surface area contributed by atoms with Crippen LogP contribution in [0.3, 0.4) is 0 Å². The van der Waals surface area contributed by atoms with Crippen molar-refractivity contribution < 1.29 is 0 Å². The fourth-order valence-corrected chi connectivity index (χ4v) is 3.80. The molecule has 0 radical (unpaired) electrons. The first kappa shape index (κ1) is 24.2. The highest BCUT2D eigenvalue weighted by molar-refractivity contribution is 14.0. The van der Waals surface area contributed by atoms with E-state index in [1.54, 1.807) is 19.6 Å². The highest BCUT2D eigenvalue weighted by Crippen LogP contribution is 2.13. The summed E-state index contributed by atoms with van der Waals surface area (Å²) in [6.07, 6.45) is 11.3. The van der Waals surface area contributed by atoms with Gasteiger partial charge in [-0.3, -0.25) is 14.5 Å². The van der Waals surface area contributed by atoms with Crippen molar-refractivity contribution in [2.24, 2.45) is 4.99 Å². The van der Waals surface area contributed by atoms with Gasteiger partial charge >= 0.3 is 0 Å². The van der Waals surface area contributed by atoms with Crippen LogP contribution in [0.2, 0.25) is 0 Å². The van der Waals surface area contributed by atoms with E-state index < -0.39 is 0 Å². The lowest BCUT2D eigenvalue weighted by Crippen LogP contribution is -2.36. The predicted octanol–water partition coefficient (Wildman–Crippen LogP) is 3.74. The van der Waals surface area contributed by atoms with E-state index in [1.807, 2.05) is 23.0 Å². The van der Waals surface area contributed by atoms with Crippen molar-refractivity contribution in [3.8, 4) is 5.82 Å². The summed E-state index contributed by atoms with van der Waals surface area (Å²) in [5.41, 5.74) is 3.73. The molecule has 8 heteroatoms. The first-order chi connectivity index (χ1) is 15.3. The van der Waals surface area contributed by atoms with Gasteiger partial charge in [-0.2, -0.15) is 0 Å². The number of benzene rings is 1. The van der Waals surface area contributed by atoms with Crippen LogP contribution >= 0.6 is 24.0 Å². The Balaban J connectivity index is 0.00000289. The molecule has 1 aromatic carbocycles. The second-order valence-corrected chi connectivity index (χ2v) is 7.93. The molecule has 1 aliphatic heterocycles. The van der Waals surface area contributed by atoms with Crippen LogP contribution in [-0.2, 0) is 19.6 Å². The quantitative estimate of drug-likeness (QED) is 0.269. The van der Waals surface area contributed by atoms with Crippen molar-refractivity contribution in [2.75, 3.05) is 20.1 Å². The van der Waals surface area contributed by atoms with Crippen LogP contribution in [0, 0.1) is 0 Å². The van der Waals surface area contributed by atoms with Crippen LogP contribution in [0.1, 0.15) is 36.0 Å².